The number of nitrogens with zero attached hydrogens (tertiary/aromatic N) is 1. The van der Waals surface area contributed by atoms with Gasteiger partial charge < -0.3 is 14.1 Å². The van der Waals surface area contributed by atoms with Crippen LogP contribution in [0.4, 0.5) is 0 Å². The third kappa shape index (κ3) is 26.6. The molecule has 0 amide bonds. The Kier molecular flexibility index (Phi) is 22.2. The molecule has 36 heavy (non-hydrogen) atoms. The highest BCUT2D eigenvalue weighted by Crippen LogP contribution is 2.43. The van der Waals surface area contributed by atoms with Gasteiger partial charge in [0, 0.05) is 12.8 Å². The number of quaternary nitrogens is 1. The lowest BCUT2D eigenvalue weighted by atomic mass is 10.0. The maximum absolute atomic E-state index is 12.2. The van der Waals surface area contributed by atoms with Crippen molar-refractivity contribution in [2.45, 2.75) is 123 Å². The molecule has 216 valence electrons. The predicted octanol–water partition coefficient (Wildman–Crippen LogP) is 7.66. The van der Waals surface area contributed by atoms with Crippen LogP contribution in [0.25, 0.3) is 0 Å². The van der Waals surface area contributed by atoms with Crippen molar-refractivity contribution >= 4 is 13.8 Å². The quantitative estimate of drug-likeness (QED) is 0.0529. The molecule has 0 saturated heterocycles. The highest BCUT2D eigenvalue weighted by molar-refractivity contribution is 7.47. The van der Waals surface area contributed by atoms with Crippen LogP contribution in [0, 0.1) is 5.92 Å². The Hall–Kier alpha value is -0.460. The van der Waals surface area contributed by atoms with E-state index in [0.717, 1.165) is 19.3 Å². The highest BCUT2D eigenvalue weighted by Gasteiger charge is 2.25. The van der Waals surface area contributed by atoms with E-state index in [2.05, 4.69) is 6.92 Å². The van der Waals surface area contributed by atoms with Gasteiger partial charge in [-0.05, 0) is 6.42 Å². The maximum atomic E-state index is 12.2. The Morgan fingerprint density at radius 2 is 1.19 bits per heavy atom. The smallest absolute Gasteiger partial charge is 0.465 e. The summed E-state index contributed by atoms with van der Waals surface area (Å²) < 4.78 is 28.2. The summed E-state index contributed by atoms with van der Waals surface area (Å²) in [7, 11) is 1.85. The molecule has 0 aliphatic carbocycles. The molecule has 0 aromatic heterocycles. The summed E-state index contributed by atoms with van der Waals surface area (Å²) in [5.41, 5.74) is 0. The van der Waals surface area contributed by atoms with Crippen LogP contribution in [-0.4, -0.2) is 62.9 Å². The van der Waals surface area contributed by atoms with Crippen molar-refractivity contribution in [1.29, 1.82) is 0 Å². The van der Waals surface area contributed by atoms with Gasteiger partial charge in [0.1, 0.15) is 13.2 Å². The normalized spacial score (nSPS) is 14.5. The lowest BCUT2D eigenvalue weighted by Gasteiger charge is -2.24. The number of phosphoric acid groups is 1. The second-order valence-electron chi connectivity index (χ2n) is 11.4. The molecule has 0 aromatic carbocycles. The number of phosphoric ester groups is 1. The zero-order chi connectivity index (χ0) is 27.1. The standard InChI is InChI=1S/C28H58NO6P/c1-6-7-8-9-10-11-12-13-14-15-16-17-18-19-20-21-22-28(25-33-27(2)30)26-35-36(31,32)34-24-23-29(3,4)5/h28H,6-26H2,1-5H3/p+1. The van der Waals surface area contributed by atoms with Crippen LogP contribution in [-0.2, 0) is 23.1 Å². The molecule has 0 heterocycles. The Bertz CT molecular complexity index is 567. The lowest BCUT2D eigenvalue weighted by Crippen LogP contribution is -2.37. The van der Waals surface area contributed by atoms with E-state index < -0.39 is 7.82 Å². The molecule has 0 rings (SSSR count). The first-order valence-corrected chi connectivity index (χ1v) is 16.1. The van der Waals surface area contributed by atoms with E-state index in [9.17, 15) is 14.3 Å². The average molecular weight is 537 g/mol. The first-order chi connectivity index (χ1) is 17.1. The van der Waals surface area contributed by atoms with Gasteiger partial charge in [0.25, 0.3) is 0 Å². The number of likely N-dealkylation sites (N-methyl/N-ethyl adjacent to an activating group) is 1. The number of unbranched alkanes of at least 4 members (excludes halogenated alkanes) is 15. The number of rotatable bonds is 26. The van der Waals surface area contributed by atoms with Gasteiger partial charge in [-0.25, -0.2) is 4.57 Å². The Balaban J connectivity index is 3.85. The van der Waals surface area contributed by atoms with Crippen molar-refractivity contribution in [2.24, 2.45) is 5.92 Å². The average Bonchev–Trinajstić information content (AvgIpc) is 2.78. The largest absolute Gasteiger partial charge is 0.472 e. The molecule has 2 atom stereocenters. The Morgan fingerprint density at radius 3 is 1.61 bits per heavy atom. The molecular formula is C28H59NO6P+. The third-order valence-electron chi connectivity index (χ3n) is 6.48. The van der Waals surface area contributed by atoms with Crippen LogP contribution in [0.5, 0.6) is 0 Å². The molecule has 0 saturated carbocycles. The van der Waals surface area contributed by atoms with Crippen LogP contribution in [0.2, 0.25) is 0 Å². The van der Waals surface area contributed by atoms with Gasteiger partial charge in [0.2, 0.25) is 0 Å². The zero-order valence-electron chi connectivity index (χ0n) is 24.3. The van der Waals surface area contributed by atoms with E-state index in [4.69, 9.17) is 13.8 Å². The minimum Gasteiger partial charge on any atom is -0.465 e. The van der Waals surface area contributed by atoms with Gasteiger partial charge >= 0.3 is 13.8 Å². The van der Waals surface area contributed by atoms with Crippen molar-refractivity contribution in [1.82, 2.24) is 0 Å². The topological polar surface area (TPSA) is 82.1 Å². The maximum Gasteiger partial charge on any atom is 0.472 e. The minimum atomic E-state index is -4.11. The van der Waals surface area contributed by atoms with Crippen molar-refractivity contribution in [3.05, 3.63) is 0 Å². The number of hydrogen-bond donors (Lipinski definition) is 1. The first kappa shape index (κ1) is 35.5. The highest BCUT2D eigenvalue weighted by atomic mass is 31.2. The summed E-state index contributed by atoms with van der Waals surface area (Å²) in [6.07, 6.45) is 21.9. The monoisotopic (exact) mass is 536 g/mol. The number of carbonyl (C=O) groups excluding carboxylic acids is 1. The number of esters is 1. The molecule has 0 bridgehead atoms. The van der Waals surface area contributed by atoms with E-state index in [-0.39, 0.29) is 31.7 Å². The van der Waals surface area contributed by atoms with Crippen molar-refractivity contribution in [2.75, 3.05) is 47.5 Å². The Labute approximate surface area is 222 Å². The fraction of sp³-hybridized carbons (Fsp3) is 0.964. The fourth-order valence-corrected chi connectivity index (χ4v) is 4.88. The molecule has 0 aliphatic rings. The molecule has 2 unspecified atom stereocenters. The molecule has 0 spiro atoms. The number of ether oxygens (including phenoxy) is 1. The zero-order valence-corrected chi connectivity index (χ0v) is 25.2. The molecule has 0 aromatic rings. The van der Waals surface area contributed by atoms with Crippen LogP contribution in [0.3, 0.4) is 0 Å². The van der Waals surface area contributed by atoms with Crippen LogP contribution in [0.15, 0.2) is 0 Å². The van der Waals surface area contributed by atoms with Crippen molar-refractivity contribution in [3.8, 4) is 0 Å². The summed E-state index contributed by atoms with van der Waals surface area (Å²) >= 11 is 0. The van der Waals surface area contributed by atoms with Crippen LogP contribution < -0.4 is 0 Å². The SMILES string of the molecule is CCCCCCCCCCCCCCCCCCC(COC(C)=O)COP(=O)(O)OCC[N+](C)(C)C. The minimum absolute atomic E-state index is 0.0458. The molecule has 0 radical (unpaired) electrons. The first-order valence-electron chi connectivity index (χ1n) is 14.6. The molecule has 7 nitrogen and oxygen atoms in total. The van der Waals surface area contributed by atoms with Gasteiger partial charge in [-0.2, -0.15) is 0 Å². The van der Waals surface area contributed by atoms with Crippen LogP contribution >= 0.6 is 7.82 Å². The van der Waals surface area contributed by atoms with E-state index in [1.165, 1.54) is 96.8 Å². The Morgan fingerprint density at radius 1 is 0.750 bits per heavy atom. The third-order valence-corrected chi connectivity index (χ3v) is 7.46. The second-order valence-corrected chi connectivity index (χ2v) is 12.8. The van der Waals surface area contributed by atoms with E-state index in [0.29, 0.717) is 11.0 Å². The van der Waals surface area contributed by atoms with Gasteiger partial charge in [0.15, 0.2) is 0 Å². The van der Waals surface area contributed by atoms with Crippen LogP contribution in [0.1, 0.15) is 123 Å². The second kappa shape index (κ2) is 22.5. The molecular weight excluding hydrogens is 477 g/mol. The number of hydrogen-bond acceptors (Lipinski definition) is 5. The molecule has 1 N–H and O–H groups in total. The number of carbonyl (C=O) groups is 1. The molecule has 8 heteroatoms. The van der Waals surface area contributed by atoms with Gasteiger partial charge in [-0.3, -0.25) is 13.8 Å². The van der Waals surface area contributed by atoms with E-state index in [1.807, 2.05) is 21.1 Å². The van der Waals surface area contributed by atoms with Crippen molar-refractivity contribution < 1.29 is 32.5 Å². The van der Waals surface area contributed by atoms with Gasteiger partial charge in [-0.15, -0.1) is 0 Å². The molecule has 0 fully saturated rings. The fourth-order valence-electron chi connectivity index (χ4n) is 4.10. The summed E-state index contributed by atoms with van der Waals surface area (Å²) in [4.78, 5) is 21.2. The van der Waals surface area contributed by atoms with E-state index in [1.54, 1.807) is 0 Å². The summed E-state index contributed by atoms with van der Waals surface area (Å²) in [5, 5.41) is 0. The van der Waals surface area contributed by atoms with Gasteiger partial charge in [0.05, 0.1) is 34.4 Å². The summed E-state index contributed by atoms with van der Waals surface area (Å²) in [5.74, 6) is -0.457. The predicted molar refractivity (Wildman–Crippen MR) is 149 cm³/mol. The van der Waals surface area contributed by atoms with Gasteiger partial charge in [-0.1, -0.05) is 110 Å². The summed E-state index contributed by atoms with van der Waals surface area (Å²) in [6.45, 7) is 4.63. The summed E-state index contributed by atoms with van der Waals surface area (Å²) in [6, 6.07) is 0. The lowest BCUT2D eigenvalue weighted by molar-refractivity contribution is -0.870. The van der Waals surface area contributed by atoms with Crippen molar-refractivity contribution in [3.63, 3.8) is 0 Å². The van der Waals surface area contributed by atoms with E-state index >= 15 is 0 Å². The molecule has 0 aliphatic heterocycles.